The monoisotopic (exact) mass is 274 g/mol. The molecule has 0 rings (SSSR count). The summed E-state index contributed by atoms with van der Waals surface area (Å²) in [6.07, 6.45) is -0.524. The van der Waals surface area contributed by atoms with Crippen molar-refractivity contribution in [2.24, 2.45) is 5.92 Å². The van der Waals surface area contributed by atoms with Crippen LogP contribution in [0.15, 0.2) is 0 Å². The van der Waals surface area contributed by atoms with Gasteiger partial charge in [0, 0.05) is 14.1 Å². The van der Waals surface area contributed by atoms with Crippen LogP contribution in [0.3, 0.4) is 0 Å². The fraction of sp³-hybridized carbons (Fsp3) is 0.846. The van der Waals surface area contributed by atoms with E-state index in [0.717, 1.165) is 5.06 Å². The summed E-state index contributed by atoms with van der Waals surface area (Å²) in [5, 5.41) is 1.12. The molecule has 6 nitrogen and oxygen atoms in total. The lowest BCUT2D eigenvalue weighted by Gasteiger charge is -2.33. The van der Waals surface area contributed by atoms with Crippen molar-refractivity contribution in [3.63, 3.8) is 0 Å². The number of rotatable bonds is 4. The van der Waals surface area contributed by atoms with E-state index in [2.05, 4.69) is 0 Å². The Hall–Kier alpha value is -1.30. The standard InChI is InChI=1S/C13H26N2O4/c1-9(2)10(11(16)15(7)18-8)14(6)12(17)19-13(3,4)5/h9-10H,1-8H3/t10-/m0/s1. The first-order valence-corrected chi connectivity index (χ1v) is 6.28. The fourth-order valence-electron chi connectivity index (χ4n) is 1.62. The van der Waals surface area contributed by atoms with E-state index in [4.69, 9.17) is 9.57 Å². The lowest BCUT2D eigenvalue weighted by Crippen LogP contribution is -2.51. The maximum absolute atomic E-state index is 12.2. The van der Waals surface area contributed by atoms with Crippen molar-refractivity contribution in [1.29, 1.82) is 0 Å². The summed E-state index contributed by atoms with van der Waals surface area (Å²) >= 11 is 0. The number of nitrogens with zero attached hydrogens (tertiary/aromatic N) is 2. The highest BCUT2D eigenvalue weighted by molar-refractivity contribution is 5.85. The van der Waals surface area contributed by atoms with Crippen molar-refractivity contribution in [1.82, 2.24) is 9.96 Å². The minimum atomic E-state index is -0.625. The van der Waals surface area contributed by atoms with E-state index in [1.165, 1.54) is 19.1 Å². The van der Waals surface area contributed by atoms with E-state index in [0.29, 0.717) is 0 Å². The van der Waals surface area contributed by atoms with Gasteiger partial charge in [-0.3, -0.25) is 14.5 Å². The highest BCUT2D eigenvalue weighted by Gasteiger charge is 2.34. The fourth-order valence-corrected chi connectivity index (χ4v) is 1.62. The molecular weight excluding hydrogens is 248 g/mol. The largest absolute Gasteiger partial charge is 0.444 e. The molecule has 0 spiro atoms. The molecule has 0 aromatic rings. The molecule has 0 radical (unpaired) electrons. The highest BCUT2D eigenvalue weighted by Crippen LogP contribution is 2.16. The van der Waals surface area contributed by atoms with Crippen LogP contribution in [-0.2, 0) is 14.4 Å². The van der Waals surface area contributed by atoms with Gasteiger partial charge in [0.2, 0.25) is 0 Å². The summed E-state index contributed by atoms with van der Waals surface area (Å²) in [7, 11) is 4.48. The van der Waals surface area contributed by atoms with Gasteiger partial charge >= 0.3 is 6.09 Å². The van der Waals surface area contributed by atoms with Gasteiger partial charge in [0.25, 0.3) is 5.91 Å². The molecule has 0 aliphatic carbocycles. The molecule has 6 heteroatoms. The van der Waals surface area contributed by atoms with Crippen LogP contribution in [0.4, 0.5) is 4.79 Å². The molecular formula is C13H26N2O4. The van der Waals surface area contributed by atoms with Crippen LogP contribution in [0, 0.1) is 5.92 Å². The van der Waals surface area contributed by atoms with Gasteiger partial charge in [0.15, 0.2) is 0 Å². The number of likely N-dealkylation sites (N-methyl/N-ethyl adjacent to an activating group) is 2. The molecule has 0 aliphatic heterocycles. The Bertz CT molecular complexity index is 323. The summed E-state index contributed by atoms with van der Waals surface area (Å²) in [6, 6.07) is -0.625. The Balaban J connectivity index is 5.00. The number of amides is 2. The molecule has 0 fully saturated rings. The molecule has 0 aromatic heterocycles. The van der Waals surface area contributed by atoms with Crippen LogP contribution in [-0.4, -0.2) is 54.8 Å². The van der Waals surface area contributed by atoms with Gasteiger partial charge in [-0.05, 0) is 26.7 Å². The van der Waals surface area contributed by atoms with Crippen LogP contribution in [0.25, 0.3) is 0 Å². The normalized spacial score (nSPS) is 13.1. The summed E-state index contributed by atoms with van der Waals surface area (Å²) in [4.78, 5) is 30.4. The molecule has 0 unspecified atom stereocenters. The quantitative estimate of drug-likeness (QED) is 0.735. The topological polar surface area (TPSA) is 59.1 Å². The Labute approximate surface area is 115 Å². The summed E-state index contributed by atoms with van der Waals surface area (Å²) in [5.74, 6) is -0.339. The number of hydroxylamine groups is 2. The third kappa shape index (κ3) is 5.46. The molecule has 112 valence electrons. The first-order chi connectivity index (χ1) is 8.51. The van der Waals surface area contributed by atoms with E-state index in [1.807, 2.05) is 13.8 Å². The van der Waals surface area contributed by atoms with Crippen molar-refractivity contribution < 1.29 is 19.2 Å². The molecule has 1 atom stereocenters. The second kappa shape index (κ2) is 6.75. The van der Waals surface area contributed by atoms with Gasteiger partial charge in [0.05, 0.1) is 7.11 Å². The summed E-state index contributed by atoms with van der Waals surface area (Å²) in [5.41, 5.74) is -0.594. The highest BCUT2D eigenvalue weighted by atomic mass is 16.7. The lowest BCUT2D eigenvalue weighted by molar-refractivity contribution is -0.175. The third-order valence-corrected chi connectivity index (χ3v) is 2.57. The molecule has 19 heavy (non-hydrogen) atoms. The molecule has 0 aromatic carbocycles. The Morgan fingerprint density at radius 3 is 1.89 bits per heavy atom. The van der Waals surface area contributed by atoms with Crippen molar-refractivity contribution in [2.45, 2.75) is 46.3 Å². The SMILES string of the molecule is CON(C)C(=O)[C@H](C(C)C)N(C)C(=O)OC(C)(C)C. The van der Waals surface area contributed by atoms with Crippen LogP contribution < -0.4 is 0 Å². The zero-order valence-corrected chi connectivity index (χ0v) is 13.2. The van der Waals surface area contributed by atoms with Gasteiger partial charge in [-0.15, -0.1) is 0 Å². The zero-order chi connectivity index (χ0) is 15.4. The molecule has 0 N–H and O–H groups in total. The van der Waals surface area contributed by atoms with Gasteiger partial charge < -0.3 is 4.74 Å². The molecule has 2 amide bonds. The maximum Gasteiger partial charge on any atom is 0.410 e. The lowest BCUT2D eigenvalue weighted by atomic mass is 10.0. The second-order valence-corrected chi connectivity index (χ2v) is 5.80. The Morgan fingerprint density at radius 2 is 1.58 bits per heavy atom. The molecule has 0 saturated carbocycles. The minimum Gasteiger partial charge on any atom is -0.444 e. The van der Waals surface area contributed by atoms with Crippen LogP contribution >= 0.6 is 0 Å². The van der Waals surface area contributed by atoms with E-state index < -0.39 is 17.7 Å². The van der Waals surface area contributed by atoms with Crippen LogP contribution in [0.2, 0.25) is 0 Å². The van der Waals surface area contributed by atoms with Gasteiger partial charge in [-0.2, -0.15) is 0 Å². The van der Waals surface area contributed by atoms with Crippen LogP contribution in [0.5, 0.6) is 0 Å². The van der Waals surface area contributed by atoms with E-state index in [1.54, 1.807) is 27.8 Å². The number of hydrogen-bond acceptors (Lipinski definition) is 4. The van der Waals surface area contributed by atoms with E-state index in [9.17, 15) is 9.59 Å². The van der Waals surface area contributed by atoms with Gasteiger partial charge in [-0.1, -0.05) is 13.8 Å². The molecule has 0 heterocycles. The van der Waals surface area contributed by atoms with Crippen molar-refractivity contribution in [3.8, 4) is 0 Å². The first-order valence-electron chi connectivity index (χ1n) is 6.28. The summed E-state index contributed by atoms with van der Waals surface area (Å²) in [6.45, 7) is 9.09. The minimum absolute atomic E-state index is 0.0531. The molecule has 0 saturated heterocycles. The van der Waals surface area contributed by atoms with Crippen LogP contribution in [0.1, 0.15) is 34.6 Å². The predicted molar refractivity (Wildman–Crippen MR) is 72.4 cm³/mol. The van der Waals surface area contributed by atoms with Crippen molar-refractivity contribution >= 4 is 12.0 Å². The number of ether oxygens (including phenoxy) is 1. The smallest absolute Gasteiger partial charge is 0.410 e. The second-order valence-electron chi connectivity index (χ2n) is 5.80. The third-order valence-electron chi connectivity index (χ3n) is 2.57. The zero-order valence-electron chi connectivity index (χ0n) is 13.2. The number of carbonyl (C=O) groups is 2. The molecule has 0 aliphatic rings. The van der Waals surface area contributed by atoms with E-state index >= 15 is 0 Å². The predicted octanol–water partition coefficient (Wildman–Crippen LogP) is 1.90. The average Bonchev–Trinajstić information content (AvgIpc) is 2.24. The number of carbonyl (C=O) groups excluding carboxylic acids is 2. The van der Waals surface area contributed by atoms with Crippen molar-refractivity contribution in [2.75, 3.05) is 21.2 Å². The van der Waals surface area contributed by atoms with Gasteiger partial charge in [-0.25, -0.2) is 9.86 Å². The average molecular weight is 274 g/mol. The van der Waals surface area contributed by atoms with Gasteiger partial charge in [0.1, 0.15) is 11.6 Å². The summed E-state index contributed by atoms with van der Waals surface area (Å²) < 4.78 is 5.27. The first kappa shape index (κ1) is 17.7. The Kier molecular flexibility index (Phi) is 6.29. The number of hydrogen-bond donors (Lipinski definition) is 0. The maximum atomic E-state index is 12.2. The Morgan fingerprint density at radius 1 is 1.11 bits per heavy atom. The van der Waals surface area contributed by atoms with Crippen molar-refractivity contribution in [3.05, 3.63) is 0 Å². The molecule has 0 bridgehead atoms. The van der Waals surface area contributed by atoms with E-state index in [-0.39, 0.29) is 11.8 Å².